The highest BCUT2D eigenvalue weighted by atomic mass is 15.2. The van der Waals surface area contributed by atoms with E-state index in [2.05, 4.69) is 148 Å². The average Bonchev–Trinajstić information content (AvgIpc) is 3.30. The minimum absolute atomic E-state index is 0.0753. The van der Waals surface area contributed by atoms with Gasteiger partial charge in [0.25, 0.3) is 0 Å². The summed E-state index contributed by atoms with van der Waals surface area (Å²) in [5.41, 5.74) is 15.9. The maximum Gasteiger partial charge on any atom is 0.0582 e. The number of para-hydroxylation sites is 4. The summed E-state index contributed by atoms with van der Waals surface area (Å²) in [6.45, 7) is 14.4. The zero-order valence-electron chi connectivity index (χ0n) is 24.6. The van der Waals surface area contributed by atoms with Crippen molar-refractivity contribution in [2.75, 3.05) is 4.90 Å². The van der Waals surface area contributed by atoms with E-state index in [0.29, 0.717) is 0 Å². The molecule has 0 N–H and O–H groups in total. The molecule has 0 atom stereocenters. The molecule has 0 spiro atoms. The van der Waals surface area contributed by atoms with E-state index in [1.807, 2.05) is 0 Å². The van der Waals surface area contributed by atoms with E-state index in [9.17, 15) is 0 Å². The molecule has 200 valence electrons. The Morgan fingerprint density at radius 3 is 1.78 bits per heavy atom. The molecule has 0 saturated heterocycles. The zero-order valence-corrected chi connectivity index (χ0v) is 24.6. The number of anilines is 3. The highest BCUT2D eigenvalue weighted by Crippen LogP contribution is 2.61. The SMILES string of the molecule is CC1(C)c2ccccc2N2c3cc4c(cc3C(C)(C)c3cccc1c32)-n1c2ccccc2c2cccc(c21)C4(C)C. The molecule has 6 aromatic rings. The Morgan fingerprint density at radius 1 is 0.439 bits per heavy atom. The second kappa shape index (κ2) is 7.12. The third kappa shape index (κ3) is 2.57. The van der Waals surface area contributed by atoms with E-state index in [-0.39, 0.29) is 16.2 Å². The van der Waals surface area contributed by atoms with Crippen LogP contribution in [0.15, 0.2) is 97.1 Å². The van der Waals surface area contributed by atoms with Gasteiger partial charge < -0.3 is 9.47 Å². The molecule has 2 heteroatoms. The molecule has 3 aliphatic heterocycles. The van der Waals surface area contributed by atoms with Gasteiger partial charge in [-0.25, -0.2) is 0 Å². The number of hydrogen-bond donors (Lipinski definition) is 0. The summed E-state index contributed by atoms with van der Waals surface area (Å²) >= 11 is 0. The van der Waals surface area contributed by atoms with Crippen molar-refractivity contribution in [3.05, 3.63) is 130 Å². The van der Waals surface area contributed by atoms with Gasteiger partial charge in [0.15, 0.2) is 0 Å². The minimum atomic E-state index is -0.155. The first-order valence-corrected chi connectivity index (χ1v) is 14.9. The molecule has 4 heterocycles. The van der Waals surface area contributed by atoms with Gasteiger partial charge in [-0.15, -0.1) is 0 Å². The van der Waals surface area contributed by atoms with Crippen LogP contribution in [0.1, 0.15) is 74.9 Å². The number of fused-ring (bicyclic) bond motifs is 9. The fourth-order valence-electron chi connectivity index (χ4n) is 8.52. The highest BCUT2D eigenvalue weighted by molar-refractivity contribution is 6.11. The summed E-state index contributed by atoms with van der Waals surface area (Å²) in [5.74, 6) is 0. The van der Waals surface area contributed by atoms with Gasteiger partial charge in [-0.1, -0.05) is 114 Å². The Balaban J connectivity index is 1.45. The number of hydrogen-bond acceptors (Lipinski definition) is 1. The van der Waals surface area contributed by atoms with Crippen LogP contribution in [-0.4, -0.2) is 4.57 Å². The lowest BCUT2D eigenvalue weighted by Gasteiger charge is -2.50. The molecule has 0 amide bonds. The summed E-state index contributed by atoms with van der Waals surface area (Å²) in [5, 5.41) is 2.67. The molecular formula is C39H34N2. The fraction of sp³-hybridized carbons (Fsp3) is 0.231. The molecule has 0 fully saturated rings. The van der Waals surface area contributed by atoms with Crippen molar-refractivity contribution >= 4 is 38.9 Å². The van der Waals surface area contributed by atoms with E-state index >= 15 is 0 Å². The van der Waals surface area contributed by atoms with E-state index in [1.54, 1.807) is 0 Å². The van der Waals surface area contributed by atoms with Crippen LogP contribution in [0.2, 0.25) is 0 Å². The van der Waals surface area contributed by atoms with Gasteiger partial charge in [0, 0.05) is 27.0 Å². The Morgan fingerprint density at radius 2 is 0.976 bits per heavy atom. The molecule has 1 aromatic heterocycles. The van der Waals surface area contributed by atoms with Crippen molar-refractivity contribution in [2.45, 2.75) is 57.8 Å². The fourth-order valence-corrected chi connectivity index (χ4v) is 8.52. The molecule has 0 aliphatic carbocycles. The Hall–Kier alpha value is -4.30. The molecule has 3 aliphatic rings. The first kappa shape index (κ1) is 23.4. The standard InChI is InChI=1S/C39H34N2/c1-37(2)25-15-8-10-20-32(25)41-34-22-29-33(21-30(34)39(5,6)28-18-12-17-27(37)36(28)41)40-31-19-9-7-13-23(31)24-14-11-16-26(35(24)40)38(29,3)4/h7-22H,1-6H3. The van der Waals surface area contributed by atoms with E-state index in [0.717, 1.165) is 0 Å². The molecule has 0 radical (unpaired) electrons. The predicted octanol–water partition coefficient (Wildman–Crippen LogP) is 10.2. The molecule has 0 bridgehead atoms. The van der Waals surface area contributed by atoms with Crippen molar-refractivity contribution in [1.82, 2.24) is 4.57 Å². The lowest BCUT2D eigenvalue weighted by molar-refractivity contribution is 0.591. The molecule has 2 nitrogen and oxygen atoms in total. The maximum atomic E-state index is 2.59. The van der Waals surface area contributed by atoms with Gasteiger partial charge in [0.1, 0.15) is 0 Å². The van der Waals surface area contributed by atoms with Gasteiger partial charge in [0.2, 0.25) is 0 Å². The number of nitrogens with zero attached hydrogens (tertiary/aromatic N) is 2. The first-order valence-electron chi connectivity index (χ1n) is 14.9. The van der Waals surface area contributed by atoms with Gasteiger partial charge in [-0.2, -0.15) is 0 Å². The van der Waals surface area contributed by atoms with Crippen LogP contribution in [0, 0.1) is 0 Å². The molecular weight excluding hydrogens is 496 g/mol. The minimum Gasteiger partial charge on any atom is -0.309 e. The normalized spacial score (nSPS) is 18.0. The number of rotatable bonds is 0. The predicted molar refractivity (Wildman–Crippen MR) is 172 cm³/mol. The average molecular weight is 531 g/mol. The lowest BCUT2D eigenvalue weighted by atomic mass is 9.65. The first-order chi connectivity index (χ1) is 19.6. The van der Waals surface area contributed by atoms with Crippen LogP contribution < -0.4 is 4.90 Å². The van der Waals surface area contributed by atoms with Gasteiger partial charge >= 0.3 is 0 Å². The summed E-state index contributed by atoms with van der Waals surface area (Å²) < 4.78 is 2.55. The van der Waals surface area contributed by atoms with Crippen molar-refractivity contribution in [3.8, 4) is 5.69 Å². The maximum absolute atomic E-state index is 2.59. The summed E-state index contributed by atoms with van der Waals surface area (Å²) in [6, 6.07) is 36.9. The van der Waals surface area contributed by atoms with E-state index in [4.69, 9.17) is 0 Å². The summed E-state index contributed by atoms with van der Waals surface area (Å²) in [4.78, 5) is 2.59. The molecule has 41 heavy (non-hydrogen) atoms. The second-order valence-corrected chi connectivity index (χ2v) is 13.9. The van der Waals surface area contributed by atoms with Gasteiger partial charge in [-0.05, 0) is 57.6 Å². The Labute approximate surface area is 241 Å². The van der Waals surface area contributed by atoms with Gasteiger partial charge in [-0.3, -0.25) is 0 Å². The van der Waals surface area contributed by atoms with E-state index < -0.39 is 0 Å². The van der Waals surface area contributed by atoms with Crippen LogP contribution in [0.5, 0.6) is 0 Å². The largest absolute Gasteiger partial charge is 0.309 e. The number of benzene rings is 5. The van der Waals surface area contributed by atoms with Crippen molar-refractivity contribution < 1.29 is 0 Å². The Bertz CT molecular complexity index is 2140. The number of aromatic nitrogens is 1. The van der Waals surface area contributed by atoms with Crippen molar-refractivity contribution in [3.63, 3.8) is 0 Å². The molecule has 0 saturated carbocycles. The highest BCUT2D eigenvalue weighted by Gasteiger charge is 2.47. The van der Waals surface area contributed by atoms with Crippen LogP contribution >= 0.6 is 0 Å². The molecule has 0 unspecified atom stereocenters. The molecule has 9 rings (SSSR count). The van der Waals surface area contributed by atoms with Crippen molar-refractivity contribution in [1.29, 1.82) is 0 Å². The zero-order chi connectivity index (χ0) is 28.1. The monoisotopic (exact) mass is 530 g/mol. The topological polar surface area (TPSA) is 8.17 Å². The third-order valence-electron chi connectivity index (χ3n) is 10.7. The van der Waals surface area contributed by atoms with Gasteiger partial charge in [0.05, 0.1) is 33.8 Å². The quantitative estimate of drug-likeness (QED) is 0.190. The van der Waals surface area contributed by atoms with Crippen molar-refractivity contribution in [2.24, 2.45) is 0 Å². The third-order valence-corrected chi connectivity index (χ3v) is 10.7. The molecule has 5 aromatic carbocycles. The van der Waals surface area contributed by atoms with E-state index in [1.165, 1.54) is 77.9 Å². The Kier molecular flexibility index (Phi) is 4.07. The second-order valence-electron chi connectivity index (χ2n) is 13.9. The van der Waals surface area contributed by atoms with Crippen LogP contribution in [0.3, 0.4) is 0 Å². The van der Waals surface area contributed by atoms with Crippen LogP contribution in [-0.2, 0) is 16.2 Å². The lowest BCUT2D eigenvalue weighted by Crippen LogP contribution is -2.38. The van der Waals surface area contributed by atoms with Crippen LogP contribution in [0.25, 0.3) is 27.5 Å². The summed E-state index contributed by atoms with van der Waals surface area (Å²) in [6.07, 6.45) is 0. The smallest absolute Gasteiger partial charge is 0.0582 e. The summed E-state index contributed by atoms with van der Waals surface area (Å²) in [7, 11) is 0. The van der Waals surface area contributed by atoms with Crippen LogP contribution in [0.4, 0.5) is 17.1 Å².